The molecule has 0 unspecified atom stereocenters. The van der Waals surface area contributed by atoms with Crippen molar-refractivity contribution in [1.29, 1.82) is 5.26 Å². The number of benzene rings is 1. The first kappa shape index (κ1) is 14.8. The van der Waals surface area contributed by atoms with Crippen LogP contribution in [0.5, 0.6) is 0 Å². The fraction of sp³-hybridized carbons (Fsp3) is 0.250. The lowest BCUT2D eigenvalue weighted by Gasteiger charge is -2.34. The van der Waals surface area contributed by atoms with Gasteiger partial charge in [-0.25, -0.2) is 4.98 Å². The van der Waals surface area contributed by atoms with Crippen LogP contribution < -0.4 is 4.90 Å². The molecular weight excluding hydrogens is 294 g/mol. The van der Waals surface area contributed by atoms with E-state index in [2.05, 4.69) is 9.97 Å². The van der Waals surface area contributed by atoms with Crippen LogP contribution in [0.1, 0.15) is 21.7 Å². The van der Waals surface area contributed by atoms with Crippen molar-refractivity contribution in [1.82, 2.24) is 14.9 Å². The Balaban J connectivity index is 1.72. The van der Waals surface area contributed by atoms with Gasteiger partial charge in [0.05, 0.1) is 18.0 Å². The van der Waals surface area contributed by atoms with E-state index in [0.717, 1.165) is 5.69 Å². The molecule has 0 atom stereocenters. The van der Waals surface area contributed by atoms with Crippen LogP contribution in [0.4, 0.5) is 5.69 Å². The van der Waals surface area contributed by atoms with Crippen molar-refractivity contribution in [3.63, 3.8) is 0 Å². The van der Waals surface area contributed by atoms with Gasteiger partial charge in [0.15, 0.2) is 0 Å². The average Bonchev–Trinajstić information content (AvgIpc) is 3.00. The molecular formula is C16H15N5O2. The van der Waals surface area contributed by atoms with Crippen LogP contribution in [0, 0.1) is 18.3 Å². The molecule has 1 aliphatic rings. The zero-order chi connectivity index (χ0) is 16.4. The third kappa shape index (κ3) is 2.79. The lowest BCUT2D eigenvalue weighted by Crippen LogP contribution is -2.52. The number of rotatable bonds is 2. The number of H-pyrrole nitrogens is 1. The number of aromatic nitrogens is 2. The topological polar surface area (TPSA) is 93.1 Å². The Hall–Kier alpha value is -3.14. The zero-order valence-corrected chi connectivity index (χ0v) is 12.6. The number of imidazole rings is 1. The smallest absolute Gasteiger partial charge is 0.274 e. The molecule has 2 amide bonds. The van der Waals surface area contributed by atoms with Crippen LogP contribution in [-0.4, -0.2) is 46.3 Å². The van der Waals surface area contributed by atoms with Gasteiger partial charge < -0.3 is 14.8 Å². The highest BCUT2D eigenvalue weighted by Crippen LogP contribution is 2.19. The maximum atomic E-state index is 12.4. The fourth-order valence-electron chi connectivity index (χ4n) is 2.56. The van der Waals surface area contributed by atoms with Crippen LogP contribution in [0.15, 0.2) is 30.6 Å². The Labute approximate surface area is 133 Å². The van der Waals surface area contributed by atoms with Crippen molar-refractivity contribution in [3.8, 4) is 6.07 Å². The van der Waals surface area contributed by atoms with E-state index in [4.69, 9.17) is 5.26 Å². The Morgan fingerprint density at radius 3 is 2.61 bits per heavy atom. The minimum absolute atomic E-state index is 0.0190. The highest BCUT2D eigenvalue weighted by atomic mass is 16.2. The summed E-state index contributed by atoms with van der Waals surface area (Å²) >= 11 is 0. The van der Waals surface area contributed by atoms with Crippen LogP contribution in [0.2, 0.25) is 0 Å². The minimum Gasteiger partial charge on any atom is -0.348 e. The summed E-state index contributed by atoms with van der Waals surface area (Å²) < 4.78 is 0. The molecule has 116 valence electrons. The number of nitrogens with one attached hydrogen (secondary N) is 1. The molecule has 0 radical (unpaired) electrons. The first-order valence-corrected chi connectivity index (χ1v) is 7.20. The molecule has 3 rings (SSSR count). The number of carbonyl (C=O) groups is 2. The van der Waals surface area contributed by atoms with Gasteiger partial charge in [-0.1, -0.05) is 0 Å². The average molecular weight is 309 g/mol. The van der Waals surface area contributed by atoms with Gasteiger partial charge in [-0.05, 0) is 31.2 Å². The predicted molar refractivity (Wildman–Crippen MR) is 82.7 cm³/mol. The molecule has 0 aliphatic carbocycles. The number of aryl methyl sites for hydroxylation is 1. The maximum Gasteiger partial charge on any atom is 0.274 e. The SMILES string of the molecule is Cc1[nH]cnc1C(=O)N1CCN(c2ccc(C#N)cc2)C(=O)C1. The number of amides is 2. The van der Waals surface area contributed by atoms with Gasteiger partial charge in [0.1, 0.15) is 12.2 Å². The van der Waals surface area contributed by atoms with Gasteiger partial charge >= 0.3 is 0 Å². The summed E-state index contributed by atoms with van der Waals surface area (Å²) in [5, 5.41) is 8.82. The second-order valence-electron chi connectivity index (χ2n) is 5.31. The molecule has 0 spiro atoms. The van der Waals surface area contributed by atoms with Crippen LogP contribution >= 0.6 is 0 Å². The van der Waals surface area contributed by atoms with E-state index in [1.807, 2.05) is 6.07 Å². The maximum absolute atomic E-state index is 12.4. The molecule has 2 aromatic rings. The van der Waals surface area contributed by atoms with E-state index in [9.17, 15) is 9.59 Å². The van der Waals surface area contributed by atoms with Gasteiger partial charge in [0, 0.05) is 24.5 Å². The Bertz CT molecular complexity index is 788. The van der Waals surface area contributed by atoms with E-state index in [0.29, 0.717) is 30.0 Å². The van der Waals surface area contributed by atoms with E-state index < -0.39 is 0 Å². The molecule has 1 aromatic carbocycles. The highest BCUT2D eigenvalue weighted by Gasteiger charge is 2.29. The molecule has 1 N–H and O–H groups in total. The number of hydrogen-bond donors (Lipinski definition) is 1. The third-order valence-corrected chi connectivity index (χ3v) is 3.85. The molecule has 7 nitrogen and oxygen atoms in total. The number of anilines is 1. The molecule has 1 aromatic heterocycles. The third-order valence-electron chi connectivity index (χ3n) is 3.85. The van der Waals surface area contributed by atoms with E-state index in [1.54, 1.807) is 36.1 Å². The van der Waals surface area contributed by atoms with Crippen molar-refractivity contribution >= 4 is 17.5 Å². The van der Waals surface area contributed by atoms with Crippen molar-refractivity contribution in [2.24, 2.45) is 0 Å². The molecule has 7 heteroatoms. The number of carbonyl (C=O) groups excluding carboxylic acids is 2. The van der Waals surface area contributed by atoms with Crippen molar-refractivity contribution in [3.05, 3.63) is 47.5 Å². The van der Waals surface area contributed by atoms with E-state index >= 15 is 0 Å². The van der Waals surface area contributed by atoms with Crippen LogP contribution in [-0.2, 0) is 4.79 Å². The summed E-state index contributed by atoms with van der Waals surface area (Å²) in [6.07, 6.45) is 1.47. The van der Waals surface area contributed by atoms with E-state index in [1.165, 1.54) is 11.2 Å². The second kappa shape index (κ2) is 5.93. The molecule has 2 heterocycles. The summed E-state index contributed by atoms with van der Waals surface area (Å²) in [6, 6.07) is 8.88. The standard InChI is InChI=1S/C16H15N5O2/c1-11-15(19-10-18-11)16(23)20-6-7-21(14(22)9-20)13-4-2-12(8-17)3-5-13/h2-5,10H,6-7,9H2,1H3,(H,18,19). The summed E-state index contributed by atoms with van der Waals surface area (Å²) in [5.74, 6) is -0.390. The monoisotopic (exact) mass is 309 g/mol. The second-order valence-corrected chi connectivity index (χ2v) is 5.31. The number of piperazine rings is 1. The van der Waals surface area contributed by atoms with Gasteiger partial charge in [-0.3, -0.25) is 9.59 Å². The minimum atomic E-state index is -0.239. The first-order chi connectivity index (χ1) is 11.1. The molecule has 0 saturated carbocycles. The van der Waals surface area contributed by atoms with Crippen molar-refractivity contribution < 1.29 is 9.59 Å². The van der Waals surface area contributed by atoms with Gasteiger partial charge in [0.2, 0.25) is 5.91 Å². The summed E-state index contributed by atoms with van der Waals surface area (Å²) in [6.45, 7) is 2.65. The molecule has 1 aliphatic heterocycles. The van der Waals surface area contributed by atoms with Gasteiger partial charge in [0.25, 0.3) is 5.91 Å². The normalized spacial score (nSPS) is 14.7. The van der Waals surface area contributed by atoms with Crippen molar-refractivity contribution in [2.45, 2.75) is 6.92 Å². The molecule has 1 fully saturated rings. The molecule has 0 bridgehead atoms. The van der Waals surface area contributed by atoms with Gasteiger partial charge in [-0.15, -0.1) is 0 Å². The number of aromatic amines is 1. The largest absolute Gasteiger partial charge is 0.348 e. The fourth-order valence-corrected chi connectivity index (χ4v) is 2.56. The first-order valence-electron chi connectivity index (χ1n) is 7.20. The number of nitriles is 1. The number of hydrogen-bond acceptors (Lipinski definition) is 4. The quantitative estimate of drug-likeness (QED) is 0.898. The highest BCUT2D eigenvalue weighted by molar-refractivity contribution is 6.01. The zero-order valence-electron chi connectivity index (χ0n) is 12.6. The van der Waals surface area contributed by atoms with Gasteiger partial charge in [-0.2, -0.15) is 5.26 Å². The lowest BCUT2D eigenvalue weighted by atomic mass is 10.2. The lowest BCUT2D eigenvalue weighted by molar-refractivity contribution is -0.120. The summed E-state index contributed by atoms with van der Waals surface area (Å²) in [7, 11) is 0. The summed E-state index contributed by atoms with van der Waals surface area (Å²) in [4.78, 5) is 34.8. The number of nitrogens with zero attached hydrogens (tertiary/aromatic N) is 4. The molecule has 1 saturated heterocycles. The van der Waals surface area contributed by atoms with Crippen LogP contribution in [0.3, 0.4) is 0 Å². The predicted octanol–water partition coefficient (Wildman–Crippen LogP) is 1.08. The molecule has 23 heavy (non-hydrogen) atoms. The Morgan fingerprint density at radius 2 is 2.04 bits per heavy atom. The Kier molecular flexibility index (Phi) is 3.81. The van der Waals surface area contributed by atoms with Crippen LogP contribution in [0.25, 0.3) is 0 Å². The Morgan fingerprint density at radius 1 is 1.30 bits per heavy atom. The summed E-state index contributed by atoms with van der Waals surface area (Å²) in [5.41, 5.74) is 2.32. The van der Waals surface area contributed by atoms with E-state index in [-0.39, 0.29) is 18.4 Å². The van der Waals surface area contributed by atoms with Crippen molar-refractivity contribution in [2.75, 3.05) is 24.5 Å².